The molecule has 170 valence electrons. The van der Waals surface area contributed by atoms with Gasteiger partial charge in [-0.3, -0.25) is 9.89 Å². The van der Waals surface area contributed by atoms with Crippen molar-refractivity contribution in [2.75, 3.05) is 11.9 Å². The first-order valence-corrected chi connectivity index (χ1v) is 11.0. The van der Waals surface area contributed by atoms with Crippen molar-refractivity contribution < 1.29 is 14.6 Å². The average molecular weight is 465 g/mol. The highest BCUT2D eigenvalue weighted by Crippen LogP contribution is 2.37. The number of anilines is 2. The number of H-pyrrole nitrogens is 1. The molecule has 0 aliphatic heterocycles. The number of aromatic amines is 1. The minimum atomic E-state index is -0.910. The maximum absolute atomic E-state index is 12.1. The third kappa shape index (κ3) is 5.80. The van der Waals surface area contributed by atoms with E-state index in [1.165, 1.54) is 11.3 Å². The summed E-state index contributed by atoms with van der Waals surface area (Å²) >= 11 is 1.42. The van der Waals surface area contributed by atoms with Crippen molar-refractivity contribution in [3.8, 4) is 21.7 Å². The summed E-state index contributed by atoms with van der Waals surface area (Å²) in [4.78, 5) is 17.5. The molecule has 0 bridgehead atoms. The number of pyridine rings is 1. The third-order valence-corrected chi connectivity index (χ3v) is 5.73. The van der Waals surface area contributed by atoms with Gasteiger partial charge < -0.3 is 20.9 Å². The van der Waals surface area contributed by atoms with Gasteiger partial charge in [0.05, 0.1) is 30.1 Å². The third-order valence-electron chi connectivity index (χ3n) is 4.63. The molecule has 4 aromatic rings. The Balaban J connectivity index is 1.53. The van der Waals surface area contributed by atoms with Crippen LogP contribution in [0.3, 0.4) is 0 Å². The summed E-state index contributed by atoms with van der Waals surface area (Å²) in [6.45, 7) is 3.82. The van der Waals surface area contributed by atoms with E-state index in [1.807, 2.05) is 36.4 Å². The lowest BCUT2D eigenvalue weighted by Gasteiger charge is -2.16. The van der Waals surface area contributed by atoms with Gasteiger partial charge in [-0.1, -0.05) is 35.5 Å². The summed E-state index contributed by atoms with van der Waals surface area (Å²) in [5, 5.41) is 24.0. The average Bonchev–Trinajstić information content (AvgIpc) is 3.44. The highest BCUT2D eigenvalue weighted by atomic mass is 32.1. The summed E-state index contributed by atoms with van der Waals surface area (Å²) in [6, 6.07) is 15.1. The molecule has 0 spiro atoms. The Morgan fingerprint density at radius 2 is 1.97 bits per heavy atom. The van der Waals surface area contributed by atoms with Crippen molar-refractivity contribution in [3.63, 3.8) is 0 Å². The zero-order valence-corrected chi connectivity index (χ0v) is 19.0. The van der Waals surface area contributed by atoms with E-state index >= 15 is 0 Å². The van der Waals surface area contributed by atoms with Gasteiger partial charge in [0.15, 0.2) is 0 Å². The second-order valence-corrected chi connectivity index (χ2v) is 9.15. The number of carbonyl (C=O) groups is 1. The van der Waals surface area contributed by atoms with Gasteiger partial charge in [0, 0.05) is 16.6 Å². The van der Waals surface area contributed by atoms with Gasteiger partial charge in [0.2, 0.25) is 0 Å². The number of thiophene rings is 1. The molecule has 0 unspecified atom stereocenters. The second-order valence-electron chi connectivity index (χ2n) is 8.10. The molecular weight excluding hydrogens is 440 g/mol. The normalized spacial score (nSPS) is 11.5. The van der Waals surface area contributed by atoms with E-state index in [2.05, 4.69) is 25.7 Å². The van der Waals surface area contributed by atoms with Crippen LogP contribution in [0.4, 0.5) is 10.8 Å². The maximum Gasteiger partial charge on any atom is 0.251 e. The van der Waals surface area contributed by atoms with Crippen LogP contribution in [0.2, 0.25) is 0 Å². The van der Waals surface area contributed by atoms with Crippen molar-refractivity contribution in [1.82, 2.24) is 20.4 Å². The number of nitrogens with zero attached hydrogens (tertiary/aromatic N) is 3. The summed E-state index contributed by atoms with van der Waals surface area (Å²) in [7, 11) is 0. The minimum absolute atomic E-state index is 0.196. The minimum Gasteiger partial charge on any atom is -0.388 e. The molecule has 0 saturated carbocycles. The van der Waals surface area contributed by atoms with Gasteiger partial charge >= 0.3 is 0 Å². The Hall–Kier alpha value is -3.60. The first kappa shape index (κ1) is 22.6. The smallest absolute Gasteiger partial charge is 0.251 e. The number of carbonyl (C=O) groups excluding carboxylic acids is 1. The Labute approximate surface area is 194 Å². The maximum atomic E-state index is 12.1. The number of hydrogen-bond acceptors (Lipinski definition) is 8. The molecule has 5 N–H and O–H groups in total. The molecule has 0 aliphatic rings. The molecule has 3 heterocycles. The van der Waals surface area contributed by atoms with Crippen molar-refractivity contribution in [1.29, 1.82) is 0 Å². The predicted molar refractivity (Wildman–Crippen MR) is 127 cm³/mol. The predicted octanol–water partition coefficient (Wildman–Crippen LogP) is 3.73. The van der Waals surface area contributed by atoms with Crippen LogP contribution in [0, 0.1) is 0 Å². The molecule has 0 radical (unpaired) electrons. The number of nitrogens with two attached hydrogens (primary N) is 1. The van der Waals surface area contributed by atoms with Crippen LogP contribution in [0.25, 0.3) is 21.7 Å². The summed E-state index contributed by atoms with van der Waals surface area (Å²) in [5.41, 5.74) is 8.45. The highest BCUT2D eigenvalue weighted by molar-refractivity contribution is 7.19. The molecule has 9 nitrogen and oxygen atoms in total. The summed E-state index contributed by atoms with van der Waals surface area (Å²) < 4.78 is 5.53. The van der Waals surface area contributed by atoms with Gasteiger partial charge in [-0.05, 0) is 37.6 Å². The van der Waals surface area contributed by atoms with E-state index in [0.717, 1.165) is 21.7 Å². The molecule has 1 aromatic carbocycles. The number of hydrogen-bond donors (Lipinski definition) is 4. The van der Waals surface area contributed by atoms with E-state index in [9.17, 15) is 9.90 Å². The number of rotatable bonds is 9. The first-order chi connectivity index (χ1) is 15.8. The van der Waals surface area contributed by atoms with E-state index in [1.54, 1.807) is 32.2 Å². The largest absolute Gasteiger partial charge is 0.388 e. The van der Waals surface area contributed by atoms with Gasteiger partial charge in [0.25, 0.3) is 5.91 Å². The topological polar surface area (TPSA) is 139 Å². The molecule has 1 amide bonds. The van der Waals surface area contributed by atoms with Crippen molar-refractivity contribution in [2.45, 2.75) is 26.1 Å². The number of nitrogens with one attached hydrogen (secondary N) is 2. The van der Waals surface area contributed by atoms with Crippen LogP contribution in [-0.2, 0) is 11.3 Å². The highest BCUT2D eigenvalue weighted by Gasteiger charge is 2.16. The first-order valence-electron chi connectivity index (χ1n) is 10.2. The quantitative estimate of drug-likeness (QED) is 0.296. The zero-order chi connectivity index (χ0) is 23.4. The van der Waals surface area contributed by atoms with Gasteiger partial charge in [-0.15, -0.1) is 16.4 Å². The van der Waals surface area contributed by atoms with Gasteiger partial charge in [0.1, 0.15) is 16.5 Å². The van der Waals surface area contributed by atoms with E-state index in [4.69, 9.17) is 10.5 Å². The van der Waals surface area contributed by atoms with Crippen LogP contribution < -0.4 is 11.1 Å². The Bertz CT molecular complexity index is 1230. The van der Waals surface area contributed by atoms with E-state index in [-0.39, 0.29) is 13.2 Å². The fraction of sp³-hybridized carbons (Fsp3) is 0.217. The lowest BCUT2D eigenvalue weighted by molar-refractivity contribution is -0.0276. The number of aromatic nitrogens is 4. The SMILES string of the molecule is CC(C)(O)COCc1cccc(Nc2sc(-c3ccc(-c4c[nH]nn4)cc3)cc2C(N)=O)n1. The Morgan fingerprint density at radius 3 is 2.64 bits per heavy atom. The van der Waals surface area contributed by atoms with Crippen LogP contribution in [0.15, 0.2) is 54.7 Å². The van der Waals surface area contributed by atoms with Crippen LogP contribution >= 0.6 is 11.3 Å². The van der Waals surface area contributed by atoms with Crippen LogP contribution in [0.5, 0.6) is 0 Å². The lowest BCUT2D eigenvalue weighted by Crippen LogP contribution is -2.25. The van der Waals surface area contributed by atoms with Gasteiger partial charge in [-0.25, -0.2) is 4.98 Å². The fourth-order valence-electron chi connectivity index (χ4n) is 3.11. The zero-order valence-electron chi connectivity index (χ0n) is 18.2. The molecule has 0 saturated heterocycles. The van der Waals surface area contributed by atoms with Crippen LogP contribution in [-0.4, -0.2) is 43.6 Å². The molecule has 0 fully saturated rings. The molecule has 4 rings (SSSR count). The second kappa shape index (κ2) is 9.49. The Kier molecular flexibility index (Phi) is 6.50. The summed E-state index contributed by atoms with van der Waals surface area (Å²) in [5.74, 6) is 0.0421. The Morgan fingerprint density at radius 1 is 1.21 bits per heavy atom. The van der Waals surface area contributed by atoms with Gasteiger partial charge in [-0.2, -0.15) is 0 Å². The van der Waals surface area contributed by atoms with Crippen molar-refractivity contribution in [3.05, 3.63) is 66.0 Å². The number of benzene rings is 1. The fourth-order valence-corrected chi connectivity index (χ4v) is 4.18. The number of ether oxygens (including phenoxy) is 1. The number of aliphatic hydroxyl groups is 1. The van der Waals surface area contributed by atoms with E-state index < -0.39 is 11.5 Å². The molecule has 10 heteroatoms. The number of amides is 1. The van der Waals surface area contributed by atoms with Crippen molar-refractivity contribution in [2.24, 2.45) is 5.73 Å². The summed E-state index contributed by atoms with van der Waals surface area (Å²) in [6.07, 6.45) is 1.73. The molecule has 0 atom stereocenters. The molecule has 3 aromatic heterocycles. The lowest BCUT2D eigenvalue weighted by atomic mass is 10.1. The standard InChI is InChI=1S/C23H24N6O3S/c1-23(2,31)13-32-12-16-4-3-5-20(26-16)27-22-17(21(24)30)10-19(33-22)15-8-6-14(7-9-15)18-11-25-29-28-18/h3-11,31H,12-13H2,1-2H3,(H2,24,30)(H,26,27)(H,25,28,29). The number of primary amides is 1. The van der Waals surface area contributed by atoms with Crippen LogP contribution in [0.1, 0.15) is 29.9 Å². The van der Waals surface area contributed by atoms with Crippen molar-refractivity contribution >= 4 is 28.1 Å². The molecule has 33 heavy (non-hydrogen) atoms. The van der Waals surface area contributed by atoms with E-state index in [0.29, 0.717) is 22.1 Å². The molecule has 0 aliphatic carbocycles. The molecular formula is C23H24N6O3S. The monoisotopic (exact) mass is 464 g/mol.